The van der Waals surface area contributed by atoms with Crippen LogP contribution in [0.2, 0.25) is 0 Å². The van der Waals surface area contributed by atoms with Crippen molar-refractivity contribution >= 4 is 5.91 Å². The van der Waals surface area contributed by atoms with E-state index in [1.165, 1.54) is 6.07 Å². The first kappa shape index (κ1) is 12.3. The van der Waals surface area contributed by atoms with E-state index in [0.717, 1.165) is 6.07 Å². The number of carbonyl (C=O) groups excluding carboxylic acids is 1. The predicted octanol–water partition coefficient (Wildman–Crippen LogP) is -0.452. The topological polar surface area (TPSA) is 108 Å². The van der Waals surface area contributed by atoms with Crippen LogP contribution in [0.15, 0.2) is 16.9 Å². The van der Waals surface area contributed by atoms with Gasteiger partial charge in [0.1, 0.15) is 0 Å². The molecule has 0 saturated heterocycles. The first-order valence-electron chi connectivity index (χ1n) is 4.78. The highest BCUT2D eigenvalue weighted by Crippen LogP contribution is 2.04. The Kier molecular flexibility index (Phi) is 3.34. The van der Waals surface area contributed by atoms with Crippen LogP contribution < -0.4 is 16.6 Å². The third kappa shape index (κ3) is 3.74. The summed E-state index contributed by atoms with van der Waals surface area (Å²) in [5.41, 5.74) is 4.73. The first-order chi connectivity index (χ1) is 7.28. The average Bonchev–Trinajstić information content (AvgIpc) is 2.11. The molecule has 0 fully saturated rings. The number of hydrogen-bond acceptors (Lipinski definition) is 4. The second-order valence-corrected chi connectivity index (χ2v) is 4.29. The third-order valence-corrected chi connectivity index (χ3v) is 1.80. The monoisotopic (exact) mass is 225 g/mol. The minimum atomic E-state index is -0.530. The van der Waals surface area contributed by atoms with Crippen molar-refractivity contribution in [1.29, 1.82) is 0 Å². The normalized spacial score (nSPS) is 11.2. The Hall–Kier alpha value is -1.82. The van der Waals surface area contributed by atoms with Gasteiger partial charge in [-0.25, -0.2) is 0 Å². The van der Waals surface area contributed by atoms with Gasteiger partial charge in [-0.15, -0.1) is 0 Å². The molecule has 1 rings (SSSR count). The highest BCUT2D eigenvalue weighted by molar-refractivity contribution is 5.94. The Bertz CT molecular complexity index is 445. The van der Waals surface area contributed by atoms with E-state index in [1.54, 1.807) is 13.8 Å². The summed E-state index contributed by atoms with van der Waals surface area (Å²) in [7, 11) is 0. The summed E-state index contributed by atoms with van der Waals surface area (Å²) in [6.45, 7) is 3.81. The maximum atomic E-state index is 11.6. The van der Waals surface area contributed by atoms with E-state index in [4.69, 9.17) is 10.8 Å². The number of aromatic hydroxyl groups is 1. The van der Waals surface area contributed by atoms with E-state index in [1.807, 2.05) is 0 Å². The summed E-state index contributed by atoms with van der Waals surface area (Å²) < 4.78 is 0. The fraction of sp³-hybridized carbons (Fsp3) is 0.400. The van der Waals surface area contributed by atoms with E-state index in [0.29, 0.717) is 0 Å². The number of nitrogens with two attached hydrogens (primary N) is 1. The van der Waals surface area contributed by atoms with Crippen molar-refractivity contribution in [2.24, 2.45) is 5.73 Å². The third-order valence-electron chi connectivity index (χ3n) is 1.80. The van der Waals surface area contributed by atoms with Gasteiger partial charge in [-0.05, 0) is 13.8 Å². The molecule has 1 amide bonds. The summed E-state index contributed by atoms with van der Waals surface area (Å²) in [6.07, 6.45) is 0. The fourth-order valence-electron chi connectivity index (χ4n) is 1.07. The van der Waals surface area contributed by atoms with Gasteiger partial charge in [-0.1, -0.05) is 0 Å². The molecular weight excluding hydrogens is 210 g/mol. The molecule has 0 unspecified atom stereocenters. The lowest BCUT2D eigenvalue weighted by Gasteiger charge is -2.18. The predicted molar refractivity (Wildman–Crippen MR) is 59.3 cm³/mol. The molecule has 1 aromatic rings. The fourth-order valence-corrected chi connectivity index (χ4v) is 1.07. The number of rotatable bonds is 3. The minimum Gasteiger partial charge on any atom is -0.494 e. The molecular formula is C10H15N3O3. The second-order valence-electron chi connectivity index (χ2n) is 4.29. The Labute approximate surface area is 92.5 Å². The number of aromatic amines is 1. The Balaban J connectivity index is 2.77. The van der Waals surface area contributed by atoms with Crippen LogP contribution in [-0.4, -0.2) is 28.1 Å². The molecule has 0 saturated carbocycles. The molecule has 0 aromatic carbocycles. The van der Waals surface area contributed by atoms with E-state index >= 15 is 0 Å². The van der Waals surface area contributed by atoms with Gasteiger partial charge in [0.05, 0.1) is 5.56 Å². The van der Waals surface area contributed by atoms with Crippen molar-refractivity contribution in [3.63, 3.8) is 0 Å². The maximum absolute atomic E-state index is 11.6. The SMILES string of the molecule is CC(C)(N)CNC(=O)c1cc(O)[nH]c(=O)c1. The van der Waals surface area contributed by atoms with Crippen LogP contribution in [0.3, 0.4) is 0 Å². The molecule has 0 bridgehead atoms. The highest BCUT2D eigenvalue weighted by atomic mass is 16.3. The van der Waals surface area contributed by atoms with Gasteiger partial charge in [0, 0.05) is 24.2 Å². The van der Waals surface area contributed by atoms with Gasteiger partial charge >= 0.3 is 0 Å². The van der Waals surface area contributed by atoms with Crippen LogP contribution in [0.5, 0.6) is 5.88 Å². The zero-order chi connectivity index (χ0) is 12.3. The van der Waals surface area contributed by atoms with Crippen molar-refractivity contribution in [1.82, 2.24) is 10.3 Å². The van der Waals surface area contributed by atoms with Gasteiger partial charge in [0.2, 0.25) is 0 Å². The number of H-pyrrole nitrogens is 1. The molecule has 6 nitrogen and oxygen atoms in total. The maximum Gasteiger partial charge on any atom is 0.251 e. The lowest BCUT2D eigenvalue weighted by atomic mass is 10.1. The molecule has 16 heavy (non-hydrogen) atoms. The molecule has 0 radical (unpaired) electrons. The Morgan fingerprint density at radius 3 is 2.69 bits per heavy atom. The number of pyridine rings is 1. The van der Waals surface area contributed by atoms with Gasteiger partial charge in [-0.3, -0.25) is 14.6 Å². The molecule has 1 heterocycles. The number of carbonyl (C=O) groups is 1. The number of nitrogens with one attached hydrogen (secondary N) is 2. The van der Waals surface area contributed by atoms with Gasteiger partial charge in [0.15, 0.2) is 5.88 Å². The second kappa shape index (κ2) is 4.36. The molecule has 0 aliphatic heterocycles. The number of hydrogen-bond donors (Lipinski definition) is 4. The van der Waals surface area contributed by atoms with Crippen LogP contribution in [-0.2, 0) is 0 Å². The molecule has 1 aromatic heterocycles. The average molecular weight is 225 g/mol. The minimum absolute atomic E-state index is 0.102. The molecule has 0 atom stereocenters. The van der Waals surface area contributed by atoms with Gasteiger partial charge in [0.25, 0.3) is 11.5 Å². The number of amides is 1. The van der Waals surface area contributed by atoms with Crippen molar-refractivity contribution < 1.29 is 9.90 Å². The zero-order valence-corrected chi connectivity index (χ0v) is 9.20. The van der Waals surface area contributed by atoms with Crippen molar-refractivity contribution in [2.45, 2.75) is 19.4 Å². The molecule has 88 valence electrons. The van der Waals surface area contributed by atoms with Crippen molar-refractivity contribution in [3.05, 3.63) is 28.0 Å². The molecule has 0 aliphatic rings. The van der Waals surface area contributed by atoms with Crippen LogP contribution in [0, 0.1) is 0 Å². The first-order valence-corrected chi connectivity index (χ1v) is 4.78. The Morgan fingerprint density at radius 2 is 2.19 bits per heavy atom. The lowest BCUT2D eigenvalue weighted by Crippen LogP contribution is -2.45. The summed E-state index contributed by atoms with van der Waals surface area (Å²) in [6, 6.07) is 2.29. The molecule has 6 heteroatoms. The van der Waals surface area contributed by atoms with E-state index in [2.05, 4.69) is 10.3 Å². The van der Waals surface area contributed by atoms with E-state index < -0.39 is 17.0 Å². The van der Waals surface area contributed by atoms with Crippen molar-refractivity contribution in [3.8, 4) is 5.88 Å². The van der Waals surface area contributed by atoms with E-state index in [9.17, 15) is 9.59 Å². The summed E-state index contributed by atoms with van der Waals surface area (Å²) in [4.78, 5) is 24.7. The van der Waals surface area contributed by atoms with Crippen LogP contribution in [0.25, 0.3) is 0 Å². The summed E-state index contributed by atoms with van der Waals surface area (Å²) >= 11 is 0. The highest BCUT2D eigenvalue weighted by Gasteiger charge is 2.14. The summed E-state index contributed by atoms with van der Waals surface area (Å²) in [5.74, 6) is -0.787. The summed E-state index contributed by atoms with van der Waals surface area (Å²) in [5, 5.41) is 11.7. The molecule has 0 aliphatic carbocycles. The van der Waals surface area contributed by atoms with Crippen LogP contribution >= 0.6 is 0 Å². The van der Waals surface area contributed by atoms with Crippen LogP contribution in [0.4, 0.5) is 0 Å². The largest absolute Gasteiger partial charge is 0.494 e. The zero-order valence-electron chi connectivity index (χ0n) is 9.20. The van der Waals surface area contributed by atoms with Gasteiger partial charge in [-0.2, -0.15) is 0 Å². The quantitative estimate of drug-likeness (QED) is 0.558. The van der Waals surface area contributed by atoms with Gasteiger partial charge < -0.3 is 16.2 Å². The number of aromatic nitrogens is 1. The lowest BCUT2D eigenvalue weighted by molar-refractivity contribution is 0.0945. The molecule has 5 N–H and O–H groups in total. The Morgan fingerprint density at radius 1 is 1.56 bits per heavy atom. The van der Waals surface area contributed by atoms with E-state index in [-0.39, 0.29) is 18.0 Å². The van der Waals surface area contributed by atoms with Crippen LogP contribution in [0.1, 0.15) is 24.2 Å². The van der Waals surface area contributed by atoms with Crippen molar-refractivity contribution in [2.75, 3.05) is 6.54 Å². The standard InChI is InChI=1S/C10H15N3O3/c1-10(2,11)5-12-9(16)6-3-7(14)13-8(15)4-6/h3-4H,5,11H2,1-2H3,(H,12,16)(H2,13,14,15). The smallest absolute Gasteiger partial charge is 0.251 e. The molecule has 0 spiro atoms.